The van der Waals surface area contributed by atoms with Gasteiger partial charge in [-0.15, -0.1) is 67.5 Å². The molecule has 5 heteroatoms. The van der Waals surface area contributed by atoms with Crippen molar-refractivity contribution < 1.29 is 35.6 Å². The Morgan fingerprint density at radius 1 is 0.586 bits per heavy atom. The van der Waals surface area contributed by atoms with Crippen molar-refractivity contribution in [2.24, 2.45) is 0 Å². The minimum absolute atomic E-state index is 0. The molecule has 0 aliphatic rings. The average molecular weight is 506 g/mol. The molecule has 0 spiro atoms. The zero-order valence-corrected chi connectivity index (χ0v) is 22.0. The number of fused-ring (bicyclic) bond motifs is 2. The first kappa shape index (κ1) is 26.3. The molecule has 0 aliphatic carbocycles. The van der Waals surface area contributed by atoms with E-state index in [9.17, 15) is 0 Å². The fraction of sp³-hybridized carbons (Fsp3) is 0.250. The normalized spacial score (nSPS) is 12.8. The summed E-state index contributed by atoms with van der Waals surface area (Å²) in [5, 5.41) is 8.88. The van der Waals surface area contributed by atoms with Crippen LogP contribution in [0.2, 0.25) is 0 Å². The van der Waals surface area contributed by atoms with E-state index in [1.54, 1.807) is 10.6 Å². The van der Waals surface area contributed by atoms with Crippen molar-refractivity contribution in [3.63, 3.8) is 0 Å². The van der Waals surface area contributed by atoms with Crippen molar-refractivity contribution in [3.8, 4) is 0 Å². The van der Waals surface area contributed by atoms with Gasteiger partial charge in [0.1, 0.15) is 0 Å². The Hall–Kier alpha value is -0.737. The zero-order chi connectivity index (χ0) is 18.6. The van der Waals surface area contributed by atoms with Crippen LogP contribution in [0.5, 0.6) is 0 Å². The minimum atomic E-state index is -0.176. The molecule has 0 aromatic heterocycles. The second-order valence-corrected chi connectivity index (χ2v) is 14.3. The maximum absolute atomic E-state index is 2.47. The second kappa shape index (κ2) is 10.0. The molecule has 0 heterocycles. The van der Waals surface area contributed by atoms with Crippen LogP contribution in [0.15, 0.2) is 48.5 Å². The summed E-state index contributed by atoms with van der Waals surface area (Å²) in [6, 6.07) is 18.9. The third kappa shape index (κ3) is 4.64. The molecule has 29 heavy (non-hydrogen) atoms. The van der Waals surface area contributed by atoms with E-state index in [4.69, 9.17) is 0 Å². The van der Waals surface area contributed by atoms with Crippen molar-refractivity contribution in [2.75, 3.05) is 13.3 Å². The van der Waals surface area contributed by atoms with E-state index < -0.39 is 0 Å². The van der Waals surface area contributed by atoms with Crippen LogP contribution in [-0.4, -0.2) is 13.3 Å². The summed E-state index contributed by atoms with van der Waals surface area (Å²) in [4.78, 5) is 0. The Bertz CT molecular complexity index is 959. The Morgan fingerprint density at radius 3 is 1.21 bits per heavy atom. The molecule has 4 rings (SSSR count). The van der Waals surface area contributed by atoms with Gasteiger partial charge in [0.15, 0.2) is 0 Å². The fourth-order valence-corrected chi connectivity index (χ4v) is 8.60. The van der Waals surface area contributed by atoms with E-state index in [2.05, 4.69) is 89.6 Å². The van der Waals surface area contributed by atoms with Gasteiger partial charge in [-0.3, -0.25) is 0 Å². The average Bonchev–Trinajstić information content (AvgIpc) is 3.26. The molecular formula is C24H26F2P2Zr. The molecule has 0 bridgehead atoms. The summed E-state index contributed by atoms with van der Waals surface area (Å²) in [5.41, 5.74) is 5.58. The van der Waals surface area contributed by atoms with E-state index in [1.165, 1.54) is 43.8 Å². The zero-order valence-electron chi connectivity index (χ0n) is 17.8. The first-order chi connectivity index (χ1) is 12.4. The summed E-state index contributed by atoms with van der Waals surface area (Å²) in [5.74, 6) is 0. The molecule has 0 aliphatic heterocycles. The quantitative estimate of drug-likeness (QED) is 0.285. The Labute approximate surface area is 194 Å². The number of halogens is 2. The van der Waals surface area contributed by atoms with Gasteiger partial charge in [-0.25, -0.2) is 0 Å². The van der Waals surface area contributed by atoms with Crippen LogP contribution in [0, 0.1) is 27.7 Å². The van der Waals surface area contributed by atoms with E-state index in [0.717, 1.165) is 0 Å². The van der Waals surface area contributed by atoms with Crippen LogP contribution in [0.4, 0.5) is 0 Å². The van der Waals surface area contributed by atoms with Gasteiger partial charge >= 0.3 is 26.2 Å². The maximum atomic E-state index is 2.47. The van der Waals surface area contributed by atoms with Gasteiger partial charge in [0.25, 0.3) is 0 Å². The molecule has 0 fully saturated rings. The smallest absolute Gasteiger partial charge is 1.00 e. The van der Waals surface area contributed by atoms with E-state index in [1.807, 2.05) is 0 Å². The molecule has 2 atom stereocenters. The van der Waals surface area contributed by atoms with Gasteiger partial charge in [0, 0.05) is 0 Å². The van der Waals surface area contributed by atoms with Crippen molar-refractivity contribution in [3.05, 3.63) is 70.8 Å². The van der Waals surface area contributed by atoms with E-state index >= 15 is 0 Å². The molecule has 0 saturated carbocycles. The fourth-order valence-electron chi connectivity index (χ4n) is 3.87. The molecule has 2 unspecified atom stereocenters. The van der Waals surface area contributed by atoms with E-state index in [0.29, 0.717) is 0 Å². The van der Waals surface area contributed by atoms with E-state index in [-0.39, 0.29) is 50.8 Å². The van der Waals surface area contributed by atoms with Gasteiger partial charge in [-0.2, -0.15) is 12.1 Å². The predicted molar refractivity (Wildman–Crippen MR) is 123 cm³/mol. The summed E-state index contributed by atoms with van der Waals surface area (Å²) < 4.78 is 0. The topological polar surface area (TPSA) is 0 Å². The molecule has 0 N–H and O–H groups in total. The van der Waals surface area contributed by atoms with Gasteiger partial charge in [0.2, 0.25) is 0 Å². The molecule has 150 valence electrons. The minimum Gasteiger partial charge on any atom is -1.00 e. The van der Waals surface area contributed by atoms with Gasteiger partial charge in [-0.05, 0) is 27.2 Å². The van der Waals surface area contributed by atoms with Crippen LogP contribution in [0.3, 0.4) is 0 Å². The number of hydrogen-bond acceptors (Lipinski definition) is 0. The Kier molecular flexibility index (Phi) is 9.11. The van der Waals surface area contributed by atoms with Gasteiger partial charge in [-0.1, -0.05) is 52.3 Å². The summed E-state index contributed by atoms with van der Waals surface area (Å²) >= 11 is 0. The van der Waals surface area contributed by atoms with Crippen LogP contribution in [0.25, 0.3) is 21.5 Å². The van der Waals surface area contributed by atoms with Crippen LogP contribution in [-0.2, 0) is 26.2 Å². The predicted octanol–water partition coefficient (Wildman–Crippen LogP) is 0.759. The summed E-state index contributed by atoms with van der Waals surface area (Å²) in [6.07, 6.45) is 0. The molecule has 0 amide bonds. The van der Waals surface area contributed by atoms with Crippen molar-refractivity contribution in [1.82, 2.24) is 0 Å². The van der Waals surface area contributed by atoms with Crippen molar-refractivity contribution >= 4 is 47.4 Å². The first-order valence-electron chi connectivity index (χ1n) is 9.17. The summed E-state index contributed by atoms with van der Waals surface area (Å²) in [7, 11) is -0.352. The van der Waals surface area contributed by atoms with Crippen LogP contribution < -0.4 is 20.0 Å². The summed E-state index contributed by atoms with van der Waals surface area (Å²) in [6.45, 7) is 13.9. The number of benzene rings is 2. The largest absolute Gasteiger partial charge is 4.00 e. The van der Waals surface area contributed by atoms with Crippen molar-refractivity contribution in [1.29, 1.82) is 0 Å². The van der Waals surface area contributed by atoms with Gasteiger partial charge in [0.05, 0.1) is 0 Å². The molecule has 4 aromatic carbocycles. The van der Waals surface area contributed by atoms with Crippen molar-refractivity contribution in [2.45, 2.75) is 27.7 Å². The third-order valence-electron chi connectivity index (χ3n) is 5.81. The van der Waals surface area contributed by atoms with Crippen LogP contribution >= 0.6 is 15.2 Å². The second-order valence-electron chi connectivity index (χ2n) is 7.53. The molecule has 0 saturated heterocycles. The number of hydrogen-bond donors (Lipinski definition) is 0. The number of rotatable bonds is 3. The molecule has 4 aromatic rings. The Morgan fingerprint density at radius 2 is 0.897 bits per heavy atom. The third-order valence-corrected chi connectivity index (χ3v) is 12.8. The maximum Gasteiger partial charge on any atom is 4.00 e. The standard InChI is InChI=1S/C24H26P2.2FH.Zr/c1-15-7-8-16(2)22-12-19(11-21(15)22)25(5)26(6)20-13-23-17(3)9-10-18(4)24(23)14-20;;;/h7-14H,1-6H3;2*1H;/q-2;;;+4/p-2. The molecule has 0 nitrogen and oxygen atoms in total. The number of aryl methyl sites for hydroxylation is 4. The SMILES string of the molecule is Cc1ccc(C)c2[cH-]c(P(C)P(C)c3cc4c(C)ccc(C)c4[cH-]3)cc12.[F-].[F-].[Zr+4]. The van der Waals surface area contributed by atoms with Gasteiger partial charge < -0.3 is 9.41 Å². The monoisotopic (exact) mass is 504 g/mol. The molecule has 0 radical (unpaired) electrons. The Balaban J connectivity index is 0.00000140. The molecular weight excluding hydrogens is 479 g/mol. The van der Waals surface area contributed by atoms with Crippen LogP contribution in [0.1, 0.15) is 22.3 Å². The first-order valence-corrected chi connectivity index (χ1v) is 13.5.